The number of benzene rings is 1. The van der Waals surface area contributed by atoms with Crippen LogP contribution in [0.3, 0.4) is 0 Å². The average Bonchev–Trinajstić information content (AvgIpc) is 2.70. The second-order valence-corrected chi connectivity index (χ2v) is 7.13. The largest absolute Gasteiger partial charge is 0.507 e. The second kappa shape index (κ2) is 7.26. The molecule has 0 unspecified atom stereocenters. The number of thioether (sulfide) groups is 1. The van der Waals surface area contributed by atoms with Crippen molar-refractivity contribution in [2.45, 2.75) is 12.8 Å². The van der Waals surface area contributed by atoms with Crippen molar-refractivity contribution in [3.63, 3.8) is 0 Å². The fourth-order valence-corrected chi connectivity index (χ4v) is 3.54. The van der Waals surface area contributed by atoms with E-state index in [1.807, 2.05) is 0 Å². The molecule has 1 aliphatic heterocycles. The Bertz CT molecular complexity index is 675. The topological polar surface area (TPSA) is 77.8 Å². The third-order valence-electron chi connectivity index (χ3n) is 2.92. The molecule has 116 valence electrons. The van der Waals surface area contributed by atoms with Crippen molar-refractivity contribution in [2.24, 2.45) is 0 Å². The molecule has 0 aliphatic carbocycles. The molecule has 0 spiro atoms. The number of aromatic hydroxyl groups is 1. The van der Waals surface area contributed by atoms with E-state index in [0.29, 0.717) is 21.2 Å². The lowest BCUT2D eigenvalue weighted by Crippen LogP contribution is -2.29. The number of phenols is 1. The van der Waals surface area contributed by atoms with E-state index >= 15 is 0 Å². The molecule has 2 rings (SSSR count). The molecule has 1 amide bonds. The van der Waals surface area contributed by atoms with Gasteiger partial charge in [0.15, 0.2) is 0 Å². The van der Waals surface area contributed by atoms with Crippen molar-refractivity contribution < 1.29 is 19.8 Å². The lowest BCUT2D eigenvalue weighted by atomic mass is 10.2. The summed E-state index contributed by atoms with van der Waals surface area (Å²) >= 11 is 9.61. The van der Waals surface area contributed by atoms with Crippen LogP contribution in [-0.4, -0.2) is 37.9 Å². The van der Waals surface area contributed by atoms with Crippen LogP contribution < -0.4 is 0 Å². The summed E-state index contributed by atoms with van der Waals surface area (Å²) in [6.07, 6.45) is 1.91. The summed E-state index contributed by atoms with van der Waals surface area (Å²) in [6.45, 7) is 0.277. The molecule has 1 aromatic carbocycles. The van der Waals surface area contributed by atoms with Gasteiger partial charge in [0, 0.05) is 23.0 Å². The standard InChI is InChI=1S/C14H12BrNO4S2/c15-9-3-4-10(17)8(6-9)7-11-13(20)16(14(21)22-11)5-1-2-12(18)19/h3-4,6-7,17H,1-2,5H2,(H,18,19)/b11-7-. The van der Waals surface area contributed by atoms with Gasteiger partial charge in [0.25, 0.3) is 5.91 Å². The number of carbonyl (C=O) groups is 2. The number of hydrogen-bond acceptors (Lipinski definition) is 5. The molecule has 2 N–H and O–H groups in total. The Labute approximate surface area is 145 Å². The number of rotatable bonds is 5. The predicted molar refractivity (Wildman–Crippen MR) is 92.6 cm³/mol. The number of hydrogen-bond donors (Lipinski definition) is 2. The third kappa shape index (κ3) is 4.08. The Hall–Kier alpha value is -1.38. The predicted octanol–water partition coefficient (Wildman–Crippen LogP) is 3.22. The zero-order valence-electron chi connectivity index (χ0n) is 11.3. The lowest BCUT2D eigenvalue weighted by Gasteiger charge is -2.13. The number of halogens is 1. The molecular weight excluding hydrogens is 390 g/mol. The fraction of sp³-hybridized carbons (Fsp3) is 0.214. The average molecular weight is 402 g/mol. The summed E-state index contributed by atoms with van der Waals surface area (Å²) in [5.74, 6) is -1.10. The zero-order valence-corrected chi connectivity index (χ0v) is 14.5. The maximum Gasteiger partial charge on any atom is 0.303 e. The van der Waals surface area contributed by atoms with E-state index in [2.05, 4.69) is 15.9 Å². The second-order valence-electron chi connectivity index (χ2n) is 4.53. The van der Waals surface area contributed by atoms with Crippen molar-refractivity contribution in [3.05, 3.63) is 33.1 Å². The van der Waals surface area contributed by atoms with Gasteiger partial charge in [-0.1, -0.05) is 39.9 Å². The summed E-state index contributed by atoms with van der Waals surface area (Å²) < 4.78 is 1.18. The van der Waals surface area contributed by atoms with E-state index in [9.17, 15) is 14.7 Å². The third-order valence-corrected chi connectivity index (χ3v) is 4.79. The van der Waals surface area contributed by atoms with Gasteiger partial charge in [0.2, 0.25) is 0 Å². The smallest absolute Gasteiger partial charge is 0.303 e. The summed E-state index contributed by atoms with van der Waals surface area (Å²) in [5, 5.41) is 18.5. The van der Waals surface area contributed by atoms with Gasteiger partial charge in [-0.05, 0) is 30.7 Å². The van der Waals surface area contributed by atoms with Crippen LogP contribution in [-0.2, 0) is 9.59 Å². The van der Waals surface area contributed by atoms with E-state index in [4.69, 9.17) is 17.3 Å². The van der Waals surface area contributed by atoms with Crippen molar-refractivity contribution >= 4 is 62.2 Å². The highest BCUT2D eigenvalue weighted by molar-refractivity contribution is 9.10. The van der Waals surface area contributed by atoms with Crippen LogP contribution in [0.2, 0.25) is 0 Å². The van der Waals surface area contributed by atoms with Gasteiger partial charge in [0.05, 0.1) is 4.91 Å². The highest BCUT2D eigenvalue weighted by Crippen LogP contribution is 2.34. The SMILES string of the molecule is O=C(O)CCCN1C(=O)/C(=C/c2cc(Br)ccc2O)SC1=S. The molecule has 1 aromatic rings. The van der Waals surface area contributed by atoms with E-state index in [1.165, 1.54) is 11.0 Å². The van der Waals surface area contributed by atoms with Crippen molar-refractivity contribution in [3.8, 4) is 5.75 Å². The number of phenolic OH excluding ortho intramolecular Hbond substituents is 1. The number of carboxylic acid groups (broad SMARTS) is 1. The first-order chi connectivity index (χ1) is 10.4. The Morgan fingerprint density at radius 3 is 2.86 bits per heavy atom. The van der Waals surface area contributed by atoms with Crippen LogP contribution >= 0.6 is 39.9 Å². The van der Waals surface area contributed by atoms with Crippen LogP contribution in [0, 0.1) is 0 Å². The minimum atomic E-state index is -0.903. The molecule has 5 nitrogen and oxygen atoms in total. The monoisotopic (exact) mass is 401 g/mol. The van der Waals surface area contributed by atoms with Gasteiger partial charge in [-0.2, -0.15) is 0 Å². The number of nitrogens with zero attached hydrogens (tertiary/aromatic N) is 1. The number of thiocarbonyl (C=S) groups is 1. The quantitative estimate of drug-likeness (QED) is 0.582. The van der Waals surface area contributed by atoms with Gasteiger partial charge in [-0.15, -0.1) is 0 Å². The van der Waals surface area contributed by atoms with Gasteiger partial charge >= 0.3 is 5.97 Å². The number of aliphatic carboxylic acids is 1. The maximum absolute atomic E-state index is 12.3. The summed E-state index contributed by atoms with van der Waals surface area (Å²) in [5.41, 5.74) is 0.514. The van der Waals surface area contributed by atoms with Crippen LogP contribution in [0.4, 0.5) is 0 Å². The molecule has 0 saturated carbocycles. The molecular formula is C14H12BrNO4S2. The first-order valence-electron chi connectivity index (χ1n) is 6.34. The minimum absolute atomic E-state index is 0.0114. The molecule has 0 radical (unpaired) electrons. The number of carbonyl (C=O) groups excluding carboxylic acids is 1. The molecule has 8 heteroatoms. The van der Waals surface area contributed by atoms with Gasteiger partial charge in [-0.3, -0.25) is 14.5 Å². The summed E-state index contributed by atoms with van der Waals surface area (Å²) in [7, 11) is 0. The Morgan fingerprint density at radius 2 is 2.18 bits per heavy atom. The first kappa shape index (κ1) is 17.0. The van der Waals surface area contributed by atoms with E-state index < -0.39 is 5.97 Å². The summed E-state index contributed by atoms with van der Waals surface area (Å²) in [4.78, 5) is 24.6. The van der Waals surface area contributed by atoms with E-state index in [0.717, 1.165) is 16.2 Å². The van der Waals surface area contributed by atoms with Gasteiger partial charge < -0.3 is 10.2 Å². The van der Waals surface area contributed by atoms with Crippen LogP contribution in [0.5, 0.6) is 5.75 Å². The molecule has 1 heterocycles. The molecule has 0 aromatic heterocycles. The number of carboxylic acids is 1. The van der Waals surface area contributed by atoms with Gasteiger partial charge in [-0.25, -0.2) is 0 Å². The highest BCUT2D eigenvalue weighted by atomic mass is 79.9. The zero-order chi connectivity index (χ0) is 16.3. The molecule has 1 saturated heterocycles. The van der Waals surface area contributed by atoms with Crippen molar-refractivity contribution in [2.75, 3.05) is 6.54 Å². The van der Waals surface area contributed by atoms with E-state index in [-0.39, 0.29) is 24.6 Å². The Kier molecular flexibility index (Phi) is 5.60. The van der Waals surface area contributed by atoms with Crippen molar-refractivity contribution in [1.29, 1.82) is 0 Å². The van der Waals surface area contributed by atoms with Gasteiger partial charge in [0.1, 0.15) is 10.1 Å². The van der Waals surface area contributed by atoms with Crippen LogP contribution in [0.1, 0.15) is 18.4 Å². The first-order valence-corrected chi connectivity index (χ1v) is 8.36. The molecule has 0 bridgehead atoms. The fourth-order valence-electron chi connectivity index (χ4n) is 1.86. The van der Waals surface area contributed by atoms with Crippen LogP contribution in [0.15, 0.2) is 27.6 Å². The molecule has 1 fully saturated rings. The number of amides is 1. The molecule has 1 aliphatic rings. The highest BCUT2D eigenvalue weighted by Gasteiger charge is 2.31. The van der Waals surface area contributed by atoms with Crippen molar-refractivity contribution in [1.82, 2.24) is 4.90 Å². The Balaban J connectivity index is 2.15. The van der Waals surface area contributed by atoms with E-state index in [1.54, 1.807) is 18.2 Å². The lowest BCUT2D eigenvalue weighted by molar-refractivity contribution is -0.137. The minimum Gasteiger partial charge on any atom is -0.507 e. The molecule has 0 atom stereocenters. The maximum atomic E-state index is 12.3. The Morgan fingerprint density at radius 1 is 1.45 bits per heavy atom. The normalized spacial score (nSPS) is 16.6. The molecule has 22 heavy (non-hydrogen) atoms. The summed E-state index contributed by atoms with van der Waals surface area (Å²) in [6, 6.07) is 4.93. The van der Waals surface area contributed by atoms with Crippen LogP contribution in [0.25, 0.3) is 6.08 Å².